The van der Waals surface area contributed by atoms with Crippen LogP contribution in [0.5, 0.6) is 0 Å². The lowest BCUT2D eigenvalue weighted by Crippen LogP contribution is -2.45. The van der Waals surface area contributed by atoms with Gasteiger partial charge in [0.2, 0.25) is 0 Å². The zero-order valence-electron chi connectivity index (χ0n) is 30.2. The number of benzene rings is 6. The SMILES string of the molecule is CC.CC.O=P(c1ccccc1)(c1ccccc1)[C@@H]1CC=c2ccccc2=C1c1c(P(c2ccccc2)c2ccccc2)ccc2c1=CCCC=2. The molecule has 0 heterocycles. The summed E-state index contributed by atoms with van der Waals surface area (Å²) in [4.78, 5) is 0. The minimum absolute atomic E-state index is 0.230. The van der Waals surface area contributed by atoms with Crippen LogP contribution in [0.2, 0.25) is 0 Å². The first-order valence-corrected chi connectivity index (χ1v) is 21.6. The smallest absolute Gasteiger partial charge is 0.150 e. The van der Waals surface area contributed by atoms with E-state index in [1.165, 1.54) is 47.9 Å². The molecule has 0 aromatic heterocycles. The van der Waals surface area contributed by atoms with E-state index >= 15 is 4.57 Å². The molecule has 2 aliphatic carbocycles. The summed E-state index contributed by atoms with van der Waals surface area (Å²) in [5.41, 5.74) is 2.26. The fraction of sp³-hybridized carbons (Fsp3) is 0.167. The largest absolute Gasteiger partial charge is 0.313 e. The first kappa shape index (κ1) is 36.3. The van der Waals surface area contributed by atoms with E-state index in [0.29, 0.717) is 6.42 Å². The first-order chi connectivity index (χ1) is 25.2. The third-order valence-electron chi connectivity index (χ3n) is 9.54. The minimum Gasteiger partial charge on any atom is -0.313 e. The lowest BCUT2D eigenvalue weighted by molar-refractivity contribution is 0.583. The second kappa shape index (κ2) is 17.1. The molecule has 8 rings (SSSR count). The molecule has 256 valence electrons. The molecule has 0 unspecified atom stereocenters. The van der Waals surface area contributed by atoms with E-state index in [1.54, 1.807) is 0 Å². The van der Waals surface area contributed by atoms with Gasteiger partial charge in [-0.2, -0.15) is 0 Å². The van der Waals surface area contributed by atoms with Crippen LogP contribution >= 0.6 is 15.1 Å². The van der Waals surface area contributed by atoms with Crippen molar-refractivity contribution in [3.63, 3.8) is 0 Å². The van der Waals surface area contributed by atoms with E-state index in [0.717, 1.165) is 23.5 Å². The summed E-state index contributed by atoms with van der Waals surface area (Å²) in [7, 11) is -4.11. The summed E-state index contributed by atoms with van der Waals surface area (Å²) >= 11 is 0. The summed E-state index contributed by atoms with van der Waals surface area (Å²) in [6.45, 7) is 8.00. The van der Waals surface area contributed by atoms with Crippen molar-refractivity contribution in [2.24, 2.45) is 0 Å². The molecular formula is C48H48OP2. The summed E-state index contributed by atoms with van der Waals surface area (Å²) in [6, 6.07) is 55.9. The van der Waals surface area contributed by atoms with Gasteiger partial charge in [0.25, 0.3) is 0 Å². The van der Waals surface area contributed by atoms with E-state index in [1.807, 2.05) is 64.1 Å². The van der Waals surface area contributed by atoms with Crippen molar-refractivity contribution in [1.29, 1.82) is 0 Å². The Labute approximate surface area is 305 Å². The Morgan fingerprint density at radius 3 is 1.57 bits per heavy atom. The van der Waals surface area contributed by atoms with Gasteiger partial charge in [-0.1, -0.05) is 204 Å². The molecule has 6 aromatic carbocycles. The van der Waals surface area contributed by atoms with E-state index in [9.17, 15) is 0 Å². The lowest BCUT2D eigenvalue weighted by Gasteiger charge is -2.34. The Hall–Kier alpha value is -4.54. The van der Waals surface area contributed by atoms with Crippen molar-refractivity contribution in [3.05, 3.63) is 184 Å². The molecule has 2 aliphatic rings. The van der Waals surface area contributed by atoms with Gasteiger partial charge in [-0.25, -0.2) is 0 Å². The maximum atomic E-state index is 16.3. The fourth-order valence-electron chi connectivity index (χ4n) is 7.43. The number of hydrogen-bond acceptors (Lipinski definition) is 1. The molecule has 0 bridgehead atoms. The van der Waals surface area contributed by atoms with Crippen LogP contribution in [0.1, 0.15) is 52.5 Å². The Bertz CT molecular complexity index is 2270. The highest BCUT2D eigenvalue weighted by molar-refractivity contribution is 7.80. The Kier molecular flexibility index (Phi) is 12.2. The average Bonchev–Trinajstić information content (AvgIpc) is 3.23. The summed E-state index contributed by atoms with van der Waals surface area (Å²) < 4.78 is 16.3. The van der Waals surface area contributed by atoms with Crippen LogP contribution in [0.3, 0.4) is 0 Å². The molecule has 1 nitrogen and oxygen atoms in total. The third-order valence-corrected chi connectivity index (χ3v) is 15.5. The average molecular weight is 703 g/mol. The Balaban J connectivity index is 0.00000108. The number of fused-ring (bicyclic) bond motifs is 2. The predicted octanol–water partition coefficient (Wildman–Crippen LogP) is 7.62. The highest BCUT2D eigenvalue weighted by Crippen LogP contribution is 2.55. The number of rotatable bonds is 7. The first-order valence-electron chi connectivity index (χ1n) is 18.5. The van der Waals surface area contributed by atoms with Crippen molar-refractivity contribution in [2.45, 2.75) is 52.6 Å². The molecule has 0 saturated heterocycles. The van der Waals surface area contributed by atoms with Crippen LogP contribution in [-0.2, 0) is 4.57 Å². The second-order valence-electron chi connectivity index (χ2n) is 12.2. The van der Waals surface area contributed by atoms with E-state index in [-0.39, 0.29) is 5.66 Å². The van der Waals surface area contributed by atoms with Gasteiger partial charge in [0.05, 0.1) is 5.66 Å². The highest BCUT2D eigenvalue weighted by Gasteiger charge is 2.41. The van der Waals surface area contributed by atoms with E-state index < -0.39 is 15.1 Å². The molecule has 1 atom stereocenters. The van der Waals surface area contributed by atoms with Gasteiger partial charge >= 0.3 is 0 Å². The van der Waals surface area contributed by atoms with Gasteiger partial charge in [-0.15, -0.1) is 0 Å². The van der Waals surface area contributed by atoms with Crippen molar-refractivity contribution < 1.29 is 4.57 Å². The van der Waals surface area contributed by atoms with Gasteiger partial charge in [0, 0.05) is 10.6 Å². The number of hydrogen-bond donors (Lipinski definition) is 0. The summed E-state index contributed by atoms with van der Waals surface area (Å²) in [6.07, 6.45) is 9.89. The zero-order chi connectivity index (χ0) is 35.6. The van der Waals surface area contributed by atoms with Crippen LogP contribution in [-0.4, -0.2) is 5.66 Å². The quantitative estimate of drug-likeness (QED) is 0.157. The standard InChI is InChI=1S/C44H36OP2.2C2H6/c45-47(37-23-9-3-10-24-37,38-25-11-4-12-26-38)42-32-30-34-18-14-16-28-40(34)44(42)43-39-27-15-13-17-33(39)29-31-41(43)46(35-19-5-1-6-20-35)36-21-7-2-8-22-36;2*1-2/h1-12,14,16-31,42H,13,15,32H2;2*1-2H3/t42-;;/m1../s1. The summed E-state index contributed by atoms with van der Waals surface area (Å²) in [5.74, 6) is 0. The normalized spacial score (nSPS) is 14.5. The van der Waals surface area contributed by atoms with E-state index in [2.05, 4.69) is 140 Å². The Morgan fingerprint density at radius 2 is 1.00 bits per heavy atom. The van der Waals surface area contributed by atoms with Crippen molar-refractivity contribution >= 4 is 65.4 Å². The van der Waals surface area contributed by atoms with Crippen LogP contribution in [0.4, 0.5) is 0 Å². The lowest BCUT2D eigenvalue weighted by atomic mass is 9.90. The van der Waals surface area contributed by atoms with E-state index in [4.69, 9.17) is 0 Å². The van der Waals surface area contributed by atoms with Crippen molar-refractivity contribution in [2.75, 3.05) is 0 Å². The van der Waals surface area contributed by atoms with Crippen LogP contribution in [0.25, 0.3) is 23.8 Å². The van der Waals surface area contributed by atoms with Gasteiger partial charge in [-0.05, 0) is 75.1 Å². The maximum Gasteiger partial charge on any atom is 0.150 e. The second-order valence-corrected chi connectivity index (χ2v) is 17.4. The van der Waals surface area contributed by atoms with Crippen molar-refractivity contribution in [3.8, 4) is 0 Å². The molecule has 0 N–H and O–H groups in total. The topological polar surface area (TPSA) is 17.1 Å². The molecule has 0 amide bonds. The monoisotopic (exact) mass is 702 g/mol. The predicted molar refractivity (Wildman–Crippen MR) is 226 cm³/mol. The molecular weight excluding hydrogens is 654 g/mol. The molecule has 51 heavy (non-hydrogen) atoms. The van der Waals surface area contributed by atoms with Gasteiger partial charge < -0.3 is 4.57 Å². The van der Waals surface area contributed by atoms with Gasteiger partial charge in [0.15, 0.2) is 7.14 Å². The summed E-state index contributed by atoms with van der Waals surface area (Å²) in [5, 5.41) is 10.8. The minimum atomic E-state index is -3.19. The Morgan fingerprint density at radius 1 is 0.510 bits per heavy atom. The third kappa shape index (κ3) is 7.17. The fourth-order valence-corrected chi connectivity index (χ4v) is 13.2. The van der Waals surface area contributed by atoms with Crippen LogP contribution < -0.4 is 47.4 Å². The molecule has 0 radical (unpaired) electrons. The highest BCUT2D eigenvalue weighted by atomic mass is 31.2. The molecule has 0 saturated carbocycles. The molecule has 6 aromatic rings. The zero-order valence-corrected chi connectivity index (χ0v) is 32.0. The van der Waals surface area contributed by atoms with Gasteiger partial charge in [0.1, 0.15) is 0 Å². The van der Waals surface area contributed by atoms with Crippen LogP contribution in [0.15, 0.2) is 158 Å². The molecule has 0 fully saturated rings. The van der Waals surface area contributed by atoms with Crippen molar-refractivity contribution in [1.82, 2.24) is 0 Å². The molecule has 0 spiro atoms. The van der Waals surface area contributed by atoms with Crippen LogP contribution in [0, 0.1) is 0 Å². The molecule has 3 heteroatoms. The van der Waals surface area contributed by atoms with Gasteiger partial charge in [-0.3, -0.25) is 0 Å². The maximum absolute atomic E-state index is 16.3. The molecule has 0 aliphatic heterocycles.